The Morgan fingerprint density at radius 3 is 2.45 bits per heavy atom. The number of likely N-dealkylation sites (tertiary alicyclic amines) is 1. The van der Waals surface area contributed by atoms with Gasteiger partial charge in [-0.1, -0.05) is 17.8 Å². The number of Topliss-reactive ketones (excluding diaryl/α,β-unsaturated/α-hetero) is 1. The van der Waals surface area contributed by atoms with Crippen molar-refractivity contribution in [3.63, 3.8) is 0 Å². The van der Waals surface area contributed by atoms with Crippen LogP contribution in [-0.2, 0) is 0 Å². The maximum atomic E-state index is 12.8. The summed E-state index contributed by atoms with van der Waals surface area (Å²) in [6.07, 6.45) is 4.03. The zero-order valence-electron chi connectivity index (χ0n) is 15.4. The van der Waals surface area contributed by atoms with Crippen LogP contribution in [0.5, 0.6) is 23.0 Å². The Bertz CT molecular complexity index is 1030. The number of rotatable bonds is 2. The van der Waals surface area contributed by atoms with E-state index < -0.39 is 11.9 Å². The summed E-state index contributed by atoms with van der Waals surface area (Å²) in [5.41, 5.74) is 0.600. The molecular formula is C21H19NO6S. The molecule has 2 aromatic rings. The van der Waals surface area contributed by atoms with Crippen LogP contribution in [0.25, 0.3) is 6.08 Å². The molecule has 0 aliphatic carbocycles. The van der Waals surface area contributed by atoms with Gasteiger partial charge in [0.15, 0.2) is 11.5 Å². The molecule has 0 aromatic heterocycles. The summed E-state index contributed by atoms with van der Waals surface area (Å²) in [5, 5.41) is 29.3. The van der Waals surface area contributed by atoms with Gasteiger partial charge in [0.1, 0.15) is 11.5 Å². The number of phenols is 3. The highest BCUT2D eigenvalue weighted by Gasteiger charge is 2.33. The molecule has 0 unspecified atom stereocenters. The van der Waals surface area contributed by atoms with Crippen molar-refractivity contribution in [1.29, 1.82) is 0 Å². The molecule has 2 aliphatic heterocycles. The number of aromatic hydroxyl groups is 3. The van der Waals surface area contributed by atoms with Gasteiger partial charge in [-0.3, -0.25) is 4.79 Å². The van der Waals surface area contributed by atoms with E-state index in [9.17, 15) is 24.9 Å². The standard InChI is InChI=1S/C21H19NO6S/c23-13-5-4-12(10-15(13)25)11-17-19(26)18-14(24)6-7-16(20(18)29-17)28-21(27)22-8-2-1-3-9-22/h4-7,10-11,23-25H,1-3,8-9H2/b17-11-. The number of nitrogens with zero attached hydrogens (tertiary/aromatic N) is 1. The Labute approximate surface area is 171 Å². The largest absolute Gasteiger partial charge is 0.507 e. The molecule has 29 heavy (non-hydrogen) atoms. The lowest BCUT2D eigenvalue weighted by Crippen LogP contribution is -2.37. The minimum absolute atomic E-state index is 0.0909. The van der Waals surface area contributed by atoms with Crippen LogP contribution >= 0.6 is 11.8 Å². The number of hydrogen-bond donors (Lipinski definition) is 3. The third-order valence-corrected chi connectivity index (χ3v) is 6.00. The fourth-order valence-corrected chi connectivity index (χ4v) is 4.46. The van der Waals surface area contributed by atoms with Crippen molar-refractivity contribution < 1.29 is 29.6 Å². The number of phenolic OH excluding ortho intramolecular Hbond substituents is 3. The minimum atomic E-state index is -0.466. The average Bonchev–Trinajstić information content (AvgIpc) is 3.05. The summed E-state index contributed by atoms with van der Waals surface area (Å²) in [6.45, 7) is 1.28. The Morgan fingerprint density at radius 2 is 1.72 bits per heavy atom. The molecule has 0 saturated carbocycles. The van der Waals surface area contributed by atoms with Crippen LogP contribution in [0.1, 0.15) is 35.2 Å². The molecule has 2 aliphatic rings. The fraction of sp³-hybridized carbons (Fsp3) is 0.238. The number of carbonyl (C=O) groups excluding carboxylic acids is 2. The molecule has 0 spiro atoms. The number of allylic oxidation sites excluding steroid dienone is 1. The van der Waals surface area contributed by atoms with Gasteiger partial charge in [0.2, 0.25) is 5.78 Å². The summed E-state index contributed by atoms with van der Waals surface area (Å²) in [4.78, 5) is 27.6. The van der Waals surface area contributed by atoms with Crippen LogP contribution in [0.2, 0.25) is 0 Å². The van der Waals surface area contributed by atoms with Crippen LogP contribution in [0, 0.1) is 0 Å². The molecule has 3 N–H and O–H groups in total. The van der Waals surface area contributed by atoms with Gasteiger partial charge in [-0.2, -0.15) is 0 Å². The van der Waals surface area contributed by atoms with E-state index in [1.54, 1.807) is 17.0 Å². The van der Waals surface area contributed by atoms with E-state index in [-0.39, 0.29) is 28.6 Å². The molecule has 2 heterocycles. The van der Waals surface area contributed by atoms with Crippen molar-refractivity contribution in [1.82, 2.24) is 4.90 Å². The summed E-state index contributed by atoms with van der Waals surface area (Å²) in [5.74, 6) is -0.918. The number of fused-ring (bicyclic) bond motifs is 1. The molecule has 1 saturated heterocycles. The number of hydrogen-bond acceptors (Lipinski definition) is 7. The normalized spacial score (nSPS) is 17.4. The van der Waals surface area contributed by atoms with E-state index in [0.717, 1.165) is 31.0 Å². The minimum Gasteiger partial charge on any atom is -0.507 e. The summed E-state index contributed by atoms with van der Waals surface area (Å²) in [6, 6.07) is 7.02. The lowest BCUT2D eigenvalue weighted by atomic mass is 10.1. The maximum Gasteiger partial charge on any atom is 0.415 e. The lowest BCUT2D eigenvalue weighted by Gasteiger charge is -2.26. The first kappa shape index (κ1) is 19.2. The van der Waals surface area contributed by atoms with Crippen LogP contribution in [-0.4, -0.2) is 45.2 Å². The van der Waals surface area contributed by atoms with Gasteiger partial charge in [0.25, 0.3) is 0 Å². The molecule has 2 aromatic carbocycles. The lowest BCUT2D eigenvalue weighted by molar-refractivity contribution is 0.104. The highest BCUT2D eigenvalue weighted by molar-refractivity contribution is 8.05. The molecule has 150 valence electrons. The second-order valence-electron chi connectivity index (χ2n) is 6.89. The van der Waals surface area contributed by atoms with Crippen molar-refractivity contribution in [3.8, 4) is 23.0 Å². The fourth-order valence-electron chi connectivity index (χ4n) is 3.35. The van der Waals surface area contributed by atoms with Crippen molar-refractivity contribution >= 4 is 29.7 Å². The van der Waals surface area contributed by atoms with Crippen molar-refractivity contribution in [2.45, 2.75) is 24.2 Å². The van der Waals surface area contributed by atoms with Crippen molar-refractivity contribution in [2.75, 3.05) is 13.1 Å². The highest BCUT2D eigenvalue weighted by Crippen LogP contribution is 2.49. The predicted octanol–water partition coefficient (Wildman–Crippen LogP) is 4.12. The van der Waals surface area contributed by atoms with Gasteiger partial charge in [-0.25, -0.2) is 4.79 Å². The molecule has 7 nitrogen and oxygen atoms in total. The molecule has 0 bridgehead atoms. The topological polar surface area (TPSA) is 107 Å². The summed E-state index contributed by atoms with van der Waals surface area (Å²) < 4.78 is 5.54. The quantitative estimate of drug-likeness (QED) is 0.502. The second kappa shape index (κ2) is 7.71. The first-order chi connectivity index (χ1) is 13.9. The number of amides is 1. The number of benzene rings is 2. The van der Waals surface area contributed by atoms with E-state index in [0.29, 0.717) is 28.5 Å². The zero-order chi connectivity index (χ0) is 20.5. The van der Waals surface area contributed by atoms with Gasteiger partial charge in [0, 0.05) is 13.1 Å². The maximum absolute atomic E-state index is 12.8. The van der Waals surface area contributed by atoms with E-state index in [4.69, 9.17) is 4.74 Å². The molecule has 4 rings (SSSR count). The number of piperidine rings is 1. The van der Waals surface area contributed by atoms with Gasteiger partial charge in [-0.15, -0.1) is 0 Å². The monoisotopic (exact) mass is 413 g/mol. The SMILES string of the molecule is O=C1/C(=C/c2ccc(O)c(O)c2)Sc2c(OC(=O)N3CCCCC3)ccc(O)c21. The van der Waals surface area contributed by atoms with Gasteiger partial charge in [0.05, 0.1) is 15.4 Å². The van der Waals surface area contributed by atoms with Crippen LogP contribution in [0.15, 0.2) is 40.1 Å². The number of thioether (sulfide) groups is 1. The summed E-state index contributed by atoms with van der Waals surface area (Å²) in [7, 11) is 0. The van der Waals surface area contributed by atoms with Crippen molar-refractivity contribution in [3.05, 3.63) is 46.4 Å². The van der Waals surface area contributed by atoms with E-state index >= 15 is 0 Å². The van der Waals surface area contributed by atoms with Gasteiger partial charge < -0.3 is 25.0 Å². The Balaban J connectivity index is 1.63. The van der Waals surface area contributed by atoms with Crippen LogP contribution < -0.4 is 4.74 Å². The molecule has 0 radical (unpaired) electrons. The second-order valence-corrected chi connectivity index (χ2v) is 7.94. The van der Waals surface area contributed by atoms with E-state index in [2.05, 4.69) is 0 Å². The van der Waals surface area contributed by atoms with Crippen LogP contribution in [0.4, 0.5) is 4.79 Å². The number of carbonyl (C=O) groups is 2. The number of ether oxygens (including phenoxy) is 1. The average molecular weight is 413 g/mol. The Kier molecular flexibility index (Phi) is 5.10. The molecular weight excluding hydrogens is 394 g/mol. The predicted molar refractivity (Wildman–Crippen MR) is 107 cm³/mol. The zero-order valence-corrected chi connectivity index (χ0v) is 16.2. The van der Waals surface area contributed by atoms with Gasteiger partial charge >= 0.3 is 6.09 Å². The van der Waals surface area contributed by atoms with Crippen LogP contribution in [0.3, 0.4) is 0 Å². The first-order valence-corrected chi connectivity index (χ1v) is 10.0. The molecule has 1 amide bonds. The third-order valence-electron chi connectivity index (χ3n) is 4.87. The van der Waals surface area contributed by atoms with E-state index in [1.807, 2.05) is 0 Å². The Hall–Kier alpha value is -3.13. The summed E-state index contributed by atoms with van der Waals surface area (Å²) >= 11 is 1.09. The molecule has 8 heteroatoms. The smallest absolute Gasteiger partial charge is 0.415 e. The first-order valence-electron chi connectivity index (χ1n) is 9.23. The van der Waals surface area contributed by atoms with E-state index in [1.165, 1.54) is 24.3 Å². The number of ketones is 1. The van der Waals surface area contributed by atoms with Gasteiger partial charge in [-0.05, 0) is 55.2 Å². The molecule has 1 fully saturated rings. The van der Waals surface area contributed by atoms with Crippen molar-refractivity contribution in [2.24, 2.45) is 0 Å². The Morgan fingerprint density at radius 1 is 1.00 bits per heavy atom. The highest BCUT2D eigenvalue weighted by atomic mass is 32.2. The third kappa shape index (κ3) is 3.75. The molecule has 0 atom stereocenters.